The molecule has 0 saturated heterocycles. The fourth-order valence-corrected chi connectivity index (χ4v) is 3.35. The number of amides is 1. The van der Waals surface area contributed by atoms with E-state index in [0.717, 1.165) is 17.6 Å². The molecule has 0 heterocycles. The summed E-state index contributed by atoms with van der Waals surface area (Å²) in [5, 5.41) is 3.25. The van der Waals surface area contributed by atoms with Gasteiger partial charge in [0.05, 0.1) is 0 Å². The molecule has 1 aromatic carbocycles. The Morgan fingerprint density at radius 2 is 1.86 bits per heavy atom. The van der Waals surface area contributed by atoms with E-state index in [4.69, 9.17) is 12.2 Å². The molecular formula is C16H23BrN2OS. The van der Waals surface area contributed by atoms with Gasteiger partial charge in [-0.25, -0.2) is 0 Å². The molecule has 1 N–H and O–H groups in total. The van der Waals surface area contributed by atoms with Crippen molar-refractivity contribution < 1.29 is 4.79 Å². The maximum atomic E-state index is 12.3. The fraction of sp³-hybridized carbons (Fsp3) is 0.500. The van der Waals surface area contributed by atoms with Gasteiger partial charge in [0, 0.05) is 23.1 Å². The molecular weight excluding hydrogens is 348 g/mol. The van der Waals surface area contributed by atoms with E-state index in [-0.39, 0.29) is 11.3 Å². The summed E-state index contributed by atoms with van der Waals surface area (Å²) < 4.78 is 0.941. The van der Waals surface area contributed by atoms with Crippen LogP contribution in [0.15, 0.2) is 22.7 Å². The van der Waals surface area contributed by atoms with Gasteiger partial charge >= 0.3 is 0 Å². The van der Waals surface area contributed by atoms with E-state index in [2.05, 4.69) is 42.0 Å². The molecule has 0 saturated carbocycles. The summed E-state index contributed by atoms with van der Waals surface area (Å²) in [4.78, 5) is 14.2. The molecule has 0 aliphatic rings. The van der Waals surface area contributed by atoms with Crippen molar-refractivity contribution in [3.05, 3.63) is 33.8 Å². The molecule has 0 fully saturated rings. The van der Waals surface area contributed by atoms with Gasteiger partial charge in [0.1, 0.15) is 0 Å². The lowest BCUT2D eigenvalue weighted by Crippen LogP contribution is -2.42. The molecule has 0 radical (unpaired) electrons. The Kier molecular flexibility index (Phi) is 6.35. The minimum Gasteiger partial charge on any atom is -0.350 e. The third-order valence-electron chi connectivity index (χ3n) is 3.31. The Labute approximate surface area is 141 Å². The van der Waals surface area contributed by atoms with Crippen LogP contribution in [0.5, 0.6) is 0 Å². The van der Waals surface area contributed by atoms with Crippen LogP contribution in [0.3, 0.4) is 0 Å². The molecule has 1 aromatic rings. The van der Waals surface area contributed by atoms with E-state index in [9.17, 15) is 4.79 Å². The second kappa shape index (κ2) is 7.36. The highest BCUT2D eigenvalue weighted by Gasteiger charge is 2.19. The summed E-state index contributed by atoms with van der Waals surface area (Å²) in [7, 11) is 0. The molecule has 3 nitrogen and oxygen atoms in total. The number of nitrogens with one attached hydrogen (secondary N) is 1. The number of thiocarbonyl (C=S) groups is 1. The first kappa shape index (κ1) is 18.1. The van der Waals surface area contributed by atoms with Crippen molar-refractivity contribution in [3.63, 3.8) is 0 Å². The van der Waals surface area contributed by atoms with Crippen LogP contribution >= 0.6 is 28.1 Å². The van der Waals surface area contributed by atoms with Gasteiger partial charge in [0.2, 0.25) is 0 Å². The summed E-state index contributed by atoms with van der Waals surface area (Å²) in [6, 6.07) is 5.67. The van der Waals surface area contributed by atoms with Gasteiger partial charge in [-0.1, -0.05) is 42.8 Å². The Bertz CT molecular complexity index is 534. The van der Waals surface area contributed by atoms with Gasteiger partial charge in [0.25, 0.3) is 5.91 Å². The number of benzene rings is 1. The average Bonchev–Trinajstić information content (AvgIpc) is 2.38. The number of carbonyl (C=O) groups is 1. The quantitative estimate of drug-likeness (QED) is 0.812. The molecule has 116 valence electrons. The summed E-state index contributed by atoms with van der Waals surface area (Å²) >= 11 is 8.80. The zero-order chi connectivity index (χ0) is 16.2. The lowest BCUT2D eigenvalue weighted by Gasteiger charge is -2.23. The van der Waals surface area contributed by atoms with E-state index in [1.807, 2.05) is 36.9 Å². The molecule has 0 aliphatic carbocycles. The largest absolute Gasteiger partial charge is 0.350 e. The SMILES string of the molecule is CCN(CC)C(=S)NC(=O)c1ccc(C(C)(C)C)c(Br)c1. The Hall–Kier alpha value is -0.940. The molecule has 21 heavy (non-hydrogen) atoms. The maximum Gasteiger partial charge on any atom is 0.257 e. The van der Waals surface area contributed by atoms with Crippen LogP contribution in [-0.2, 0) is 5.41 Å². The summed E-state index contributed by atoms with van der Waals surface area (Å²) in [5.41, 5.74) is 1.81. The highest BCUT2D eigenvalue weighted by molar-refractivity contribution is 9.10. The van der Waals surface area contributed by atoms with Crippen LogP contribution in [0.25, 0.3) is 0 Å². The monoisotopic (exact) mass is 370 g/mol. The Balaban J connectivity index is 2.90. The maximum absolute atomic E-state index is 12.3. The number of carbonyl (C=O) groups excluding carboxylic acids is 1. The molecule has 0 aliphatic heterocycles. The van der Waals surface area contributed by atoms with Crippen LogP contribution < -0.4 is 5.32 Å². The molecule has 0 spiro atoms. The van der Waals surface area contributed by atoms with Gasteiger partial charge in [-0.15, -0.1) is 0 Å². The number of rotatable bonds is 3. The zero-order valence-corrected chi connectivity index (χ0v) is 15.7. The number of hydrogen-bond donors (Lipinski definition) is 1. The minimum absolute atomic E-state index is 0.0321. The van der Waals surface area contributed by atoms with E-state index < -0.39 is 0 Å². The van der Waals surface area contributed by atoms with Gasteiger partial charge in [0.15, 0.2) is 5.11 Å². The fourth-order valence-electron chi connectivity index (χ4n) is 2.02. The molecule has 1 amide bonds. The third-order valence-corrected chi connectivity index (χ3v) is 4.33. The second-order valence-electron chi connectivity index (χ2n) is 5.88. The van der Waals surface area contributed by atoms with Crippen molar-refractivity contribution >= 4 is 39.2 Å². The zero-order valence-electron chi connectivity index (χ0n) is 13.3. The smallest absolute Gasteiger partial charge is 0.257 e. The molecule has 0 bridgehead atoms. The van der Waals surface area contributed by atoms with Crippen LogP contribution in [0.1, 0.15) is 50.5 Å². The number of hydrogen-bond acceptors (Lipinski definition) is 2. The highest BCUT2D eigenvalue weighted by atomic mass is 79.9. The van der Waals surface area contributed by atoms with Gasteiger partial charge in [-0.05, 0) is 49.2 Å². The number of halogens is 1. The summed E-state index contributed by atoms with van der Waals surface area (Å²) in [5.74, 6) is -0.173. The molecule has 0 atom stereocenters. The minimum atomic E-state index is -0.173. The van der Waals surface area contributed by atoms with Crippen LogP contribution in [0.2, 0.25) is 0 Å². The topological polar surface area (TPSA) is 32.3 Å². The predicted molar refractivity (Wildman–Crippen MR) is 95.8 cm³/mol. The summed E-state index contributed by atoms with van der Waals surface area (Å²) in [6.45, 7) is 12.0. The highest BCUT2D eigenvalue weighted by Crippen LogP contribution is 2.30. The van der Waals surface area contributed by atoms with E-state index >= 15 is 0 Å². The number of nitrogens with zero attached hydrogens (tertiary/aromatic N) is 1. The predicted octanol–water partition coefficient (Wildman–Crippen LogP) is 4.10. The molecule has 0 aromatic heterocycles. The van der Waals surface area contributed by atoms with Crippen LogP contribution in [0, 0.1) is 0 Å². The average molecular weight is 371 g/mol. The van der Waals surface area contributed by atoms with Gasteiger partial charge < -0.3 is 4.90 Å². The van der Waals surface area contributed by atoms with Crippen LogP contribution in [0.4, 0.5) is 0 Å². The lowest BCUT2D eigenvalue weighted by atomic mass is 9.86. The first-order valence-corrected chi connectivity index (χ1v) is 8.31. The first-order valence-electron chi connectivity index (χ1n) is 7.11. The molecule has 0 unspecified atom stereocenters. The van der Waals surface area contributed by atoms with Crippen LogP contribution in [-0.4, -0.2) is 29.0 Å². The third kappa shape index (κ3) is 4.78. The first-order chi connectivity index (χ1) is 9.70. The van der Waals surface area contributed by atoms with Gasteiger partial charge in [-0.2, -0.15) is 0 Å². The van der Waals surface area contributed by atoms with E-state index in [0.29, 0.717) is 10.7 Å². The van der Waals surface area contributed by atoms with E-state index in [1.165, 1.54) is 5.56 Å². The van der Waals surface area contributed by atoms with Crippen molar-refractivity contribution in [1.82, 2.24) is 10.2 Å². The second-order valence-corrected chi connectivity index (χ2v) is 7.12. The molecule has 1 rings (SSSR count). The van der Waals surface area contributed by atoms with E-state index in [1.54, 1.807) is 0 Å². The van der Waals surface area contributed by atoms with Crippen molar-refractivity contribution in [2.24, 2.45) is 0 Å². The summed E-state index contributed by atoms with van der Waals surface area (Å²) in [6.07, 6.45) is 0. The molecule has 5 heteroatoms. The van der Waals surface area contributed by atoms with Crippen molar-refractivity contribution in [2.75, 3.05) is 13.1 Å². The Morgan fingerprint density at radius 3 is 2.29 bits per heavy atom. The Morgan fingerprint density at radius 1 is 1.29 bits per heavy atom. The van der Waals surface area contributed by atoms with Crippen molar-refractivity contribution in [3.8, 4) is 0 Å². The lowest BCUT2D eigenvalue weighted by molar-refractivity contribution is 0.0973. The van der Waals surface area contributed by atoms with Gasteiger partial charge in [-0.3, -0.25) is 10.1 Å². The standard InChI is InChI=1S/C16H23BrN2OS/c1-6-19(7-2)15(21)18-14(20)11-8-9-12(13(17)10-11)16(3,4)5/h8-10H,6-7H2,1-5H3,(H,18,20,21). The normalized spacial score (nSPS) is 11.1. The van der Waals surface area contributed by atoms with Crippen molar-refractivity contribution in [2.45, 2.75) is 40.0 Å². The van der Waals surface area contributed by atoms with Crippen molar-refractivity contribution in [1.29, 1.82) is 0 Å².